The van der Waals surface area contributed by atoms with Crippen molar-refractivity contribution in [2.24, 2.45) is 17.8 Å². The topological polar surface area (TPSA) is 66.5 Å². The average molecular weight is 405 g/mol. The largest absolute Gasteiger partial charge is 0.353 e. The molecular weight excluding hydrogens is 372 g/mol. The fourth-order valence-corrected chi connectivity index (χ4v) is 6.95. The smallest absolute Gasteiger partial charge is 0.224 e. The lowest BCUT2D eigenvalue weighted by molar-refractivity contribution is -0.127. The minimum absolute atomic E-state index is 0.0711. The SMILES string of the molecule is O=C(N[C@@H]1C[C@H]2CC[C@H]1C2)[C@H]1CCCN(S(=O)(=O)CCCc2ccccc2)C1. The second kappa shape index (κ2) is 8.54. The zero-order valence-electron chi connectivity index (χ0n) is 16.6. The summed E-state index contributed by atoms with van der Waals surface area (Å²) in [4.78, 5) is 12.8. The minimum Gasteiger partial charge on any atom is -0.353 e. The summed E-state index contributed by atoms with van der Waals surface area (Å²) >= 11 is 0. The van der Waals surface area contributed by atoms with E-state index in [2.05, 4.69) is 5.32 Å². The third kappa shape index (κ3) is 4.60. The molecule has 0 spiro atoms. The molecule has 5 nitrogen and oxygen atoms in total. The Morgan fingerprint density at radius 1 is 1.11 bits per heavy atom. The summed E-state index contributed by atoms with van der Waals surface area (Å²) in [6, 6.07) is 10.3. The number of benzene rings is 1. The maximum atomic E-state index is 12.8. The van der Waals surface area contributed by atoms with E-state index in [1.54, 1.807) is 4.31 Å². The molecule has 1 aromatic carbocycles. The Morgan fingerprint density at radius 3 is 2.64 bits per heavy atom. The van der Waals surface area contributed by atoms with E-state index in [-0.39, 0.29) is 17.6 Å². The molecule has 6 heteroatoms. The van der Waals surface area contributed by atoms with Crippen molar-refractivity contribution in [3.63, 3.8) is 0 Å². The average Bonchev–Trinajstić information content (AvgIpc) is 3.32. The maximum absolute atomic E-state index is 12.8. The lowest BCUT2D eigenvalue weighted by atomic mass is 9.93. The second-order valence-electron chi connectivity index (χ2n) is 8.89. The van der Waals surface area contributed by atoms with Crippen molar-refractivity contribution in [2.75, 3.05) is 18.8 Å². The summed E-state index contributed by atoms with van der Waals surface area (Å²) < 4.78 is 27.1. The standard InChI is InChI=1S/C22H32N2O3S/c25-22(23-21-15-18-10-11-19(21)14-18)20-9-4-12-24(16-20)28(26,27)13-5-8-17-6-2-1-3-7-17/h1-3,6-7,18-21H,4-5,8-16H2,(H,23,25)/t18-,19-,20-,21+/m0/s1. The van der Waals surface area contributed by atoms with Crippen LogP contribution in [0.1, 0.15) is 50.5 Å². The van der Waals surface area contributed by atoms with E-state index >= 15 is 0 Å². The van der Waals surface area contributed by atoms with Crippen LogP contribution in [0.3, 0.4) is 0 Å². The molecule has 1 aliphatic heterocycles. The van der Waals surface area contributed by atoms with Crippen LogP contribution in [0.25, 0.3) is 0 Å². The van der Waals surface area contributed by atoms with Gasteiger partial charge in [0.2, 0.25) is 15.9 Å². The number of piperidine rings is 1. The van der Waals surface area contributed by atoms with Crippen LogP contribution in [0.15, 0.2) is 30.3 Å². The molecule has 2 aliphatic carbocycles. The number of rotatable bonds is 7. The molecule has 28 heavy (non-hydrogen) atoms. The molecule has 1 amide bonds. The first-order valence-electron chi connectivity index (χ1n) is 10.8. The van der Waals surface area contributed by atoms with Crippen LogP contribution < -0.4 is 5.32 Å². The van der Waals surface area contributed by atoms with Crippen LogP contribution in [0.4, 0.5) is 0 Å². The highest BCUT2D eigenvalue weighted by atomic mass is 32.2. The fraction of sp³-hybridized carbons (Fsp3) is 0.682. The zero-order chi connectivity index (χ0) is 19.6. The number of fused-ring (bicyclic) bond motifs is 2. The number of amides is 1. The third-order valence-electron chi connectivity index (χ3n) is 6.92. The van der Waals surface area contributed by atoms with Gasteiger partial charge in [0.15, 0.2) is 0 Å². The van der Waals surface area contributed by atoms with Gasteiger partial charge in [0.25, 0.3) is 0 Å². The molecule has 2 saturated carbocycles. The van der Waals surface area contributed by atoms with Crippen LogP contribution >= 0.6 is 0 Å². The van der Waals surface area contributed by atoms with Crippen LogP contribution in [0.5, 0.6) is 0 Å². The van der Waals surface area contributed by atoms with Gasteiger partial charge in [-0.1, -0.05) is 36.8 Å². The molecule has 1 saturated heterocycles. The van der Waals surface area contributed by atoms with Gasteiger partial charge in [-0.3, -0.25) is 4.79 Å². The number of nitrogens with zero attached hydrogens (tertiary/aromatic N) is 1. The quantitative estimate of drug-likeness (QED) is 0.760. The van der Waals surface area contributed by atoms with Gasteiger partial charge < -0.3 is 5.32 Å². The van der Waals surface area contributed by atoms with E-state index in [0.29, 0.717) is 31.5 Å². The normalized spacial score (nSPS) is 30.4. The van der Waals surface area contributed by atoms with Crippen molar-refractivity contribution < 1.29 is 13.2 Å². The monoisotopic (exact) mass is 404 g/mol. The molecule has 2 bridgehead atoms. The molecule has 0 unspecified atom stereocenters. The first-order valence-corrected chi connectivity index (χ1v) is 12.4. The van der Waals surface area contributed by atoms with E-state index in [1.165, 1.54) is 24.8 Å². The molecule has 3 fully saturated rings. The number of carbonyl (C=O) groups is 1. The van der Waals surface area contributed by atoms with Crippen LogP contribution in [-0.2, 0) is 21.2 Å². The number of hydrogen-bond donors (Lipinski definition) is 1. The summed E-state index contributed by atoms with van der Waals surface area (Å²) in [6.45, 7) is 0.895. The van der Waals surface area contributed by atoms with Gasteiger partial charge >= 0.3 is 0 Å². The summed E-state index contributed by atoms with van der Waals surface area (Å²) in [6.07, 6.45) is 7.88. The minimum atomic E-state index is -3.30. The first-order chi connectivity index (χ1) is 13.5. The number of carbonyl (C=O) groups excluding carboxylic acids is 1. The Morgan fingerprint density at radius 2 is 1.93 bits per heavy atom. The van der Waals surface area contributed by atoms with Gasteiger partial charge in [0.05, 0.1) is 11.7 Å². The highest BCUT2D eigenvalue weighted by Gasteiger charge is 2.41. The van der Waals surface area contributed by atoms with Crippen LogP contribution in [-0.4, -0.2) is 43.5 Å². The van der Waals surface area contributed by atoms with E-state index < -0.39 is 10.0 Å². The van der Waals surface area contributed by atoms with Gasteiger partial charge in [0, 0.05) is 19.1 Å². The highest BCUT2D eigenvalue weighted by Crippen LogP contribution is 2.44. The third-order valence-corrected chi connectivity index (χ3v) is 8.85. The number of sulfonamides is 1. The van der Waals surface area contributed by atoms with E-state index in [9.17, 15) is 13.2 Å². The van der Waals surface area contributed by atoms with Gasteiger partial charge in [-0.2, -0.15) is 0 Å². The Balaban J connectivity index is 1.28. The van der Waals surface area contributed by atoms with Gasteiger partial charge in [0.1, 0.15) is 0 Å². The van der Waals surface area contributed by atoms with Crippen molar-refractivity contribution in [3.8, 4) is 0 Å². The van der Waals surface area contributed by atoms with Crippen molar-refractivity contribution >= 4 is 15.9 Å². The Hall–Kier alpha value is -1.40. The van der Waals surface area contributed by atoms with Gasteiger partial charge in [-0.15, -0.1) is 0 Å². The molecule has 0 aromatic heterocycles. The number of hydrogen-bond acceptors (Lipinski definition) is 3. The van der Waals surface area contributed by atoms with Crippen molar-refractivity contribution in [1.82, 2.24) is 9.62 Å². The molecule has 1 aromatic rings. The number of aryl methyl sites for hydroxylation is 1. The summed E-state index contributed by atoms with van der Waals surface area (Å²) in [5.74, 6) is 1.47. The summed E-state index contributed by atoms with van der Waals surface area (Å²) in [5.41, 5.74) is 1.17. The Kier molecular flexibility index (Phi) is 6.07. The fourth-order valence-electron chi connectivity index (χ4n) is 5.36. The predicted molar refractivity (Wildman–Crippen MR) is 110 cm³/mol. The van der Waals surface area contributed by atoms with Crippen molar-refractivity contribution in [3.05, 3.63) is 35.9 Å². The Bertz CT molecular complexity index is 780. The predicted octanol–water partition coefficient (Wildman–Crippen LogP) is 2.97. The van der Waals surface area contributed by atoms with E-state index in [1.807, 2.05) is 30.3 Å². The summed E-state index contributed by atoms with van der Waals surface area (Å²) in [7, 11) is -3.30. The molecule has 4 rings (SSSR count). The first kappa shape index (κ1) is 19.9. The molecule has 1 N–H and O–H groups in total. The molecule has 154 valence electrons. The van der Waals surface area contributed by atoms with E-state index in [4.69, 9.17) is 0 Å². The second-order valence-corrected chi connectivity index (χ2v) is 11.0. The number of nitrogens with one attached hydrogen (secondary N) is 1. The van der Waals surface area contributed by atoms with E-state index in [0.717, 1.165) is 31.6 Å². The molecule has 4 atom stereocenters. The van der Waals surface area contributed by atoms with Crippen molar-refractivity contribution in [1.29, 1.82) is 0 Å². The highest BCUT2D eigenvalue weighted by molar-refractivity contribution is 7.89. The lowest BCUT2D eigenvalue weighted by Gasteiger charge is -2.33. The van der Waals surface area contributed by atoms with Gasteiger partial charge in [-0.25, -0.2) is 12.7 Å². The van der Waals surface area contributed by atoms with Crippen LogP contribution in [0, 0.1) is 17.8 Å². The molecule has 1 heterocycles. The maximum Gasteiger partial charge on any atom is 0.224 e. The van der Waals surface area contributed by atoms with Gasteiger partial charge in [-0.05, 0) is 62.3 Å². The Labute approximate surface area is 168 Å². The zero-order valence-corrected chi connectivity index (χ0v) is 17.4. The molecule has 3 aliphatic rings. The van der Waals surface area contributed by atoms with Crippen molar-refractivity contribution in [2.45, 2.75) is 57.4 Å². The molecular formula is C22H32N2O3S. The summed E-state index contributed by atoms with van der Waals surface area (Å²) in [5, 5.41) is 3.26. The lowest BCUT2D eigenvalue weighted by Crippen LogP contribution is -2.49. The molecule has 0 radical (unpaired) electrons. The van der Waals surface area contributed by atoms with Crippen LogP contribution in [0.2, 0.25) is 0 Å².